The third-order valence-corrected chi connectivity index (χ3v) is 2.06. The van der Waals surface area contributed by atoms with Crippen molar-refractivity contribution in [2.24, 2.45) is 5.92 Å². The zero-order valence-electron chi connectivity index (χ0n) is 9.10. The first-order valence-electron chi connectivity index (χ1n) is 5.22. The van der Waals surface area contributed by atoms with E-state index in [2.05, 4.69) is 6.92 Å². The Kier molecular flexibility index (Phi) is 5.74. The van der Waals surface area contributed by atoms with E-state index < -0.39 is 0 Å². The lowest BCUT2D eigenvalue weighted by Crippen LogP contribution is -2.03. The highest BCUT2D eigenvalue weighted by molar-refractivity contribution is 5.13. The molecule has 0 aliphatic rings. The fourth-order valence-electron chi connectivity index (χ4n) is 1.29. The molecule has 0 saturated carbocycles. The van der Waals surface area contributed by atoms with Gasteiger partial charge in [-0.25, -0.2) is 0 Å². The van der Waals surface area contributed by atoms with Gasteiger partial charge in [-0.2, -0.15) is 0 Å². The molecule has 0 spiro atoms. The van der Waals surface area contributed by atoms with Gasteiger partial charge in [0, 0.05) is 0 Å². The van der Waals surface area contributed by atoms with Gasteiger partial charge in [0.05, 0.1) is 19.8 Å². The van der Waals surface area contributed by atoms with Crippen molar-refractivity contribution < 1.29 is 9.84 Å². The van der Waals surface area contributed by atoms with Crippen LogP contribution in [-0.2, 0) is 11.3 Å². The van der Waals surface area contributed by atoms with E-state index in [4.69, 9.17) is 9.84 Å². The van der Waals surface area contributed by atoms with Crippen molar-refractivity contribution in [2.75, 3.05) is 13.2 Å². The Morgan fingerprint density at radius 3 is 2.73 bits per heavy atom. The first-order valence-corrected chi connectivity index (χ1v) is 5.22. The Bertz CT molecular complexity index is 280. The molecule has 2 heteroatoms. The van der Waals surface area contributed by atoms with Gasteiger partial charge < -0.3 is 9.84 Å². The molecular formula is C13H18O2. The summed E-state index contributed by atoms with van der Waals surface area (Å²) in [5.74, 6) is 0.348. The number of benzene rings is 1. The van der Waals surface area contributed by atoms with E-state index in [9.17, 15) is 0 Å². The van der Waals surface area contributed by atoms with Gasteiger partial charge in [-0.15, -0.1) is 0 Å². The predicted molar refractivity (Wildman–Crippen MR) is 61.5 cm³/mol. The number of ether oxygens (including phenoxy) is 1. The second-order valence-corrected chi connectivity index (χ2v) is 3.59. The summed E-state index contributed by atoms with van der Waals surface area (Å²) in [5.41, 5.74) is 1.19. The average Bonchev–Trinajstić information content (AvgIpc) is 2.28. The predicted octanol–water partition coefficient (Wildman–Crippen LogP) is 2.39. The maximum absolute atomic E-state index is 8.59. The monoisotopic (exact) mass is 206 g/mol. The van der Waals surface area contributed by atoms with Crippen molar-refractivity contribution >= 4 is 0 Å². The zero-order chi connectivity index (χ0) is 10.9. The fourth-order valence-corrected chi connectivity index (χ4v) is 1.29. The van der Waals surface area contributed by atoms with Gasteiger partial charge in [-0.3, -0.25) is 0 Å². The van der Waals surface area contributed by atoms with Crippen LogP contribution in [0, 0.1) is 5.92 Å². The SMILES string of the molecule is C[C@H](/C=C\CO)COCc1ccccc1. The molecule has 0 saturated heterocycles. The molecule has 2 nitrogen and oxygen atoms in total. The van der Waals surface area contributed by atoms with Gasteiger partial charge in [0.2, 0.25) is 0 Å². The minimum absolute atomic E-state index is 0.100. The molecule has 0 heterocycles. The molecule has 0 aromatic heterocycles. The number of aliphatic hydroxyl groups is 1. The van der Waals surface area contributed by atoms with E-state index >= 15 is 0 Å². The molecule has 0 radical (unpaired) electrons. The molecule has 82 valence electrons. The minimum Gasteiger partial charge on any atom is -0.392 e. The summed E-state index contributed by atoms with van der Waals surface area (Å²) in [6, 6.07) is 10.1. The molecule has 1 rings (SSSR count). The summed E-state index contributed by atoms with van der Waals surface area (Å²) in [6.45, 7) is 3.50. The topological polar surface area (TPSA) is 29.5 Å². The van der Waals surface area contributed by atoms with Gasteiger partial charge >= 0.3 is 0 Å². The van der Waals surface area contributed by atoms with E-state index in [0.29, 0.717) is 19.1 Å². The van der Waals surface area contributed by atoms with Gasteiger partial charge in [0.15, 0.2) is 0 Å². The fraction of sp³-hybridized carbons (Fsp3) is 0.385. The van der Waals surface area contributed by atoms with Crippen molar-refractivity contribution in [1.29, 1.82) is 0 Å². The summed E-state index contributed by atoms with van der Waals surface area (Å²) in [6.07, 6.45) is 3.71. The van der Waals surface area contributed by atoms with Crippen LogP contribution in [0.5, 0.6) is 0 Å². The normalized spacial score (nSPS) is 13.2. The molecule has 1 atom stereocenters. The van der Waals surface area contributed by atoms with Crippen LogP contribution in [0.3, 0.4) is 0 Å². The van der Waals surface area contributed by atoms with E-state index in [1.165, 1.54) is 5.56 Å². The quantitative estimate of drug-likeness (QED) is 0.724. The van der Waals surface area contributed by atoms with Crippen molar-refractivity contribution in [1.82, 2.24) is 0 Å². The Balaban J connectivity index is 2.19. The highest BCUT2D eigenvalue weighted by Gasteiger charge is 1.97. The molecule has 1 aromatic rings. The summed E-state index contributed by atoms with van der Waals surface area (Å²) >= 11 is 0. The molecule has 0 fully saturated rings. The van der Waals surface area contributed by atoms with Crippen molar-refractivity contribution in [3.8, 4) is 0 Å². The van der Waals surface area contributed by atoms with Crippen LogP contribution in [0.15, 0.2) is 42.5 Å². The molecule has 0 amide bonds. The lowest BCUT2D eigenvalue weighted by Gasteiger charge is -2.07. The van der Waals surface area contributed by atoms with Gasteiger partial charge in [0.25, 0.3) is 0 Å². The van der Waals surface area contributed by atoms with Gasteiger partial charge in [-0.05, 0) is 11.5 Å². The third kappa shape index (κ3) is 5.35. The molecule has 15 heavy (non-hydrogen) atoms. The molecule has 1 aromatic carbocycles. The summed E-state index contributed by atoms with van der Waals surface area (Å²) in [4.78, 5) is 0. The van der Waals surface area contributed by atoms with Gasteiger partial charge in [0.1, 0.15) is 0 Å². The van der Waals surface area contributed by atoms with Crippen LogP contribution < -0.4 is 0 Å². The van der Waals surface area contributed by atoms with Crippen molar-refractivity contribution in [2.45, 2.75) is 13.5 Å². The summed E-state index contributed by atoms with van der Waals surface area (Å²) in [5, 5.41) is 8.59. The second-order valence-electron chi connectivity index (χ2n) is 3.59. The van der Waals surface area contributed by atoms with Crippen LogP contribution in [0.4, 0.5) is 0 Å². The minimum atomic E-state index is 0.100. The van der Waals surface area contributed by atoms with E-state index in [1.807, 2.05) is 36.4 Å². The van der Waals surface area contributed by atoms with Gasteiger partial charge in [-0.1, -0.05) is 49.4 Å². The maximum Gasteiger partial charge on any atom is 0.0717 e. The van der Waals surface area contributed by atoms with Crippen LogP contribution >= 0.6 is 0 Å². The highest BCUT2D eigenvalue weighted by Crippen LogP contribution is 2.03. The van der Waals surface area contributed by atoms with E-state index in [0.717, 1.165) is 0 Å². The molecule has 0 bridgehead atoms. The standard InChI is InChI=1S/C13H18O2/c1-12(6-5-9-14)10-15-11-13-7-3-2-4-8-13/h2-8,12,14H,9-11H2,1H3/b6-5-/t12-/m1/s1. The van der Waals surface area contributed by atoms with Crippen molar-refractivity contribution in [3.05, 3.63) is 48.0 Å². The number of rotatable bonds is 6. The first kappa shape index (κ1) is 12.0. The van der Waals surface area contributed by atoms with Crippen LogP contribution in [-0.4, -0.2) is 18.3 Å². The average molecular weight is 206 g/mol. The first-order chi connectivity index (χ1) is 7.33. The molecule has 0 aliphatic carbocycles. The maximum atomic E-state index is 8.59. The van der Waals surface area contributed by atoms with Crippen LogP contribution in [0.25, 0.3) is 0 Å². The molecule has 0 unspecified atom stereocenters. The molecular weight excluding hydrogens is 188 g/mol. The third-order valence-electron chi connectivity index (χ3n) is 2.06. The molecule has 0 aliphatic heterocycles. The Morgan fingerprint density at radius 1 is 1.33 bits per heavy atom. The Labute approximate surface area is 91.2 Å². The largest absolute Gasteiger partial charge is 0.392 e. The van der Waals surface area contributed by atoms with Crippen LogP contribution in [0.2, 0.25) is 0 Å². The van der Waals surface area contributed by atoms with E-state index in [-0.39, 0.29) is 6.61 Å². The lowest BCUT2D eigenvalue weighted by molar-refractivity contribution is 0.104. The number of aliphatic hydroxyl groups excluding tert-OH is 1. The molecule has 1 N–H and O–H groups in total. The Hall–Kier alpha value is -1.12. The summed E-state index contributed by atoms with van der Waals surface area (Å²) in [7, 11) is 0. The van der Waals surface area contributed by atoms with E-state index in [1.54, 1.807) is 6.08 Å². The Morgan fingerprint density at radius 2 is 2.07 bits per heavy atom. The van der Waals surface area contributed by atoms with Crippen LogP contribution in [0.1, 0.15) is 12.5 Å². The second kappa shape index (κ2) is 7.21. The smallest absolute Gasteiger partial charge is 0.0717 e. The number of hydrogen-bond acceptors (Lipinski definition) is 2. The summed E-state index contributed by atoms with van der Waals surface area (Å²) < 4.78 is 5.55. The number of hydrogen-bond donors (Lipinski definition) is 1. The van der Waals surface area contributed by atoms with Crippen molar-refractivity contribution in [3.63, 3.8) is 0 Å². The highest BCUT2D eigenvalue weighted by atomic mass is 16.5. The lowest BCUT2D eigenvalue weighted by atomic mass is 10.2. The zero-order valence-corrected chi connectivity index (χ0v) is 9.10.